The number of carbonyl (C=O) groups excluding carboxylic acids is 3. The van der Waals surface area contributed by atoms with Gasteiger partial charge in [0.1, 0.15) is 24.0 Å². The minimum absolute atomic E-state index is 0.00534. The van der Waals surface area contributed by atoms with Crippen molar-refractivity contribution >= 4 is 17.7 Å². The van der Waals surface area contributed by atoms with Crippen LogP contribution in [-0.4, -0.2) is 47.0 Å². The van der Waals surface area contributed by atoms with Crippen molar-refractivity contribution < 1.29 is 33.0 Å². The van der Waals surface area contributed by atoms with Gasteiger partial charge in [0.15, 0.2) is 17.4 Å². The highest BCUT2D eigenvalue weighted by Crippen LogP contribution is 2.30. The lowest BCUT2D eigenvalue weighted by molar-refractivity contribution is -0.132. The van der Waals surface area contributed by atoms with E-state index in [4.69, 9.17) is 4.74 Å². The molecule has 1 aliphatic heterocycles. The molecule has 0 aromatic heterocycles. The van der Waals surface area contributed by atoms with E-state index in [9.17, 15) is 28.3 Å². The van der Waals surface area contributed by atoms with E-state index in [1.54, 1.807) is 31.2 Å². The van der Waals surface area contributed by atoms with Gasteiger partial charge in [-0.1, -0.05) is 13.0 Å². The smallest absolute Gasteiger partial charge is 0.325 e. The number of aliphatic hydroxyl groups is 1. The third-order valence-electron chi connectivity index (χ3n) is 5.11. The summed E-state index contributed by atoms with van der Waals surface area (Å²) in [5.41, 5.74) is -0.959. The number of rotatable bonds is 8. The van der Waals surface area contributed by atoms with Gasteiger partial charge in [0.2, 0.25) is 0 Å². The Morgan fingerprint density at radius 1 is 1.16 bits per heavy atom. The van der Waals surface area contributed by atoms with E-state index in [1.807, 2.05) is 0 Å². The average molecular weight is 432 g/mol. The number of amides is 3. The molecule has 1 saturated heterocycles. The first-order valence-electron chi connectivity index (χ1n) is 9.69. The van der Waals surface area contributed by atoms with Crippen molar-refractivity contribution in [1.82, 2.24) is 10.2 Å². The van der Waals surface area contributed by atoms with Crippen LogP contribution in [0.25, 0.3) is 0 Å². The van der Waals surface area contributed by atoms with Crippen LogP contribution in [0.5, 0.6) is 5.75 Å². The second kappa shape index (κ2) is 8.81. The van der Waals surface area contributed by atoms with Gasteiger partial charge in [0.05, 0.1) is 6.54 Å². The predicted octanol–water partition coefficient (Wildman–Crippen LogP) is 2.76. The summed E-state index contributed by atoms with van der Waals surface area (Å²) in [6, 6.07) is 8.57. The van der Waals surface area contributed by atoms with Gasteiger partial charge in [-0.15, -0.1) is 0 Å². The van der Waals surface area contributed by atoms with Crippen molar-refractivity contribution in [2.75, 3.05) is 13.2 Å². The van der Waals surface area contributed by atoms with Gasteiger partial charge in [0.25, 0.3) is 5.91 Å². The van der Waals surface area contributed by atoms with Crippen LogP contribution in [0.15, 0.2) is 42.5 Å². The Hall–Kier alpha value is -3.33. The zero-order valence-electron chi connectivity index (χ0n) is 17.0. The molecule has 9 heteroatoms. The van der Waals surface area contributed by atoms with Gasteiger partial charge in [-0.2, -0.15) is 0 Å². The fourth-order valence-corrected chi connectivity index (χ4v) is 3.26. The van der Waals surface area contributed by atoms with Crippen molar-refractivity contribution in [2.45, 2.75) is 31.9 Å². The van der Waals surface area contributed by atoms with Gasteiger partial charge >= 0.3 is 6.03 Å². The third-order valence-corrected chi connectivity index (χ3v) is 5.11. The number of β-amino-alcohol motifs (C(OH)–C–C–N with tert-alkyl or cyclic N) is 1. The summed E-state index contributed by atoms with van der Waals surface area (Å²) < 4.78 is 32.3. The molecule has 0 bridgehead atoms. The molecule has 7 nitrogen and oxygen atoms in total. The maximum Gasteiger partial charge on any atom is 0.325 e. The Morgan fingerprint density at radius 3 is 2.45 bits per heavy atom. The van der Waals surface area contributed by atoms with E-state index < -0.39 is 35.2 Å². The van der Waals surface area contributed by atoms with Crippen LogP contribution in [0.2, 0.25) is 0 Å². The molecule has 2 atom stereocenters. The second-order valence-electron chi connectivity index (χ2n) is 7.37. The Kier molecular flexibility index (Phi) is 6.35. The number of hydrogen-bond acceptors (Lipinski definition) is 5. The number of imide groups is 1. The molecule has 164 valence electrons. The van der Waals surface area contributed by atoms with Crippen LogP contribution < -0.4 is 10.1 Å². The maximum atomic E-state index is 13.6. The number of urea groups is 1. The monoisotopic (exact) mass is 432 g/mol. The van der Waals surface area contributed by atoms with Crippen molar-refractivity contribution in [1.29, 1.82) is 0 Å². The number of ether oxygens (including phenoxy) is 1. The van der Waals surface area contributed by atoms with Gasteiger partial charge < -0.3 is 15.2 Å². The highest BCUT2D eigenvalue weighted by atomic mass is 19.2. The van der Waals surface area contributed by atoms with Crippen molar-refractivity contribution in [2.24, 2.45) is 0 Å². The standard InChI is InChI=1S/C22H22F2N2O5/c1-3-19(28)13-4-7-16(8-5-13)31-12-15(27)11-26-20(29)22(2,25-21(26)30)14-6-9-17(23)18(24)10-14/h4-10,15,27H,3,11-12H2,1-2H3,(H,25,30). The third kappa shape index (κ3) is 4.56. The fourth-order valence-electron chi connectivity index (χ4n) is 3.26. The van der Waals surface area contributed by atoms with E-state index in [2.05, 4.69) is 5.32 Å². The molecule has 2 aromatic carbocycles. The Morgan fingerprint density at radius 2 is 1.84 bits per heavy atom. The number of carbonyl (C=O) groups is 3. The first-order chi connectivity index (χ1) is 14.7. The molecule has 1 fully saturated rings. The number of nitrogens with one attached hydrogen (secondary N) is 1. The highest BCUT2D eigenvalue weighted by Gasteiger charge is 2.49. The Balaban J connectivity index is 1.62. The lowest BCUT2D eigenvalue weighted by atomic mass is 9.92. The van der Waals surface area contributed by atoms with E-state index in [0.29, 0.717) is 17.7 Å². The van der Waals surface area contributed by atoms with E-state index in [-0.39, 0.29) is 24.5 Å². The molecule has 0 aliphatic carbocycles. The number of hydrogen-bond donors (Lipinski definition) is 2. The first-order valence-corrected chi connectivity index (χ1v) is 9.69. The molecule has 3 amide bonds. The predicted molar refractivity (Wildman–Crippen MR) is 107 cm³/mol. The summed E-state index contributed by atoms with van der Waals surface area (Å²) in [4.78, 5) is 37.6. The summed E-state index contributed by atoms with van der Waals surface area (Å²) >= 11 is 0. The number of nitrogens with zero attached hydrogens (tertiary/aromatic N) is 1. The summed E-state index contributed by atoms with van der Waals surface area (Å²) in [6.45, 7) is 2.58. The fraction of sp³-hybridized carbons (Fsp3) is 0.318. The molecule has 0 spiro atoms. The van der Waals surface area contributed by atoms with Gasteiger partial charge in [0, 0.05) is 12.0 Å². The van der Waals surface area contributed by atoms with Gasteiger partial charge in [-0.3, -0.25) is 14.5 Å². The number of aliphatic hydroxyl groups excluding tert-OH is 1. The topological polar surface area (TPSA) is 95.9 Å². The maximum absolute atomic E-state index is 13.6. The lowest BCUT2D eigenvalue weighted by Crippen LogP contribution is -2.42. The van der Waals surface area contributed by atoms with Crippen molar-refractivity contribution in [3.8, 4) is 5.75 Å². The molecule has 31 heavy (non-hydrogen) atoms. The summed E-state index contributed by atoms with van der Waals surface area (Å²) in [5.74, 6) is -2.50. The molecular formula is C22H22F2N2O5. The molecular weight excluding hydrogens is 410 g/mol. The molecule has 2 unspecified atom stereocenters. The number of ketones is 1. The van der Waals surface area contributed by atoms with Crippen LogP contribution in [-0.2, 0) is 10.3 Å². The molecule has 0 radical (unpaired) electrons. The number of Topliss-reactive ketones (excluding diaryl/α,β-unsaturated/α-hetero) is 1. The Bertz CT molecular complexity index is 1010. The second-order valence-corrected chi connectivity index (χ2v) is 7.37. The van der Waals surface area contributed by atoms with Crippen molar-refractivity contribution in [3.63, 3.8) is 0 Å². The normalized spacial score (nSPS) is 19.3. The first kappa shape index (κ1) is 22.4. The molecule has 1 aliphatic rings. The largest absolute Gasteiger partial charge is 0.491 e. The van der Waals surface area contributed by atoms with E-state index in [0.717, 1.165) is 17.0 Å². The van der Waals surface area contributed by atoms with Crippen LogP contribution in [0.4, 0.5) is 13.6 Å². The van der Waals surface area contributed by atoms with Gasteiger partial charge in [-0.25, -0.2) is 13.6 Å². The minimum atomic E-state index is -1.59. The zero-order chi connectivity index (χ0) is 22.8. The van der Waals surface area contributed by atoms with Gasteiger partial charge in [-0.05, 0) is 48.9 Å². The quantitative estimate of drug-likeness (QED) is 0.494. The summed E-state index contributed by atoms with van der Waals surface area (Å²) in [5, 5.41) is 12.7. The number of benzene rings is 2. The van der Waals surface area contributed by atoms with E-state index >= 15 is 0 Å². The van der Waals surface area contributed by atoms with E-state index in [1.165, 1.54) is 13.0 Å². The molecule has 3 rings (SSSR count). The number of halogens is 2. The zero-order valence-corrected chi connectivity index (χ0v) is 17.0. The van der Waals surface area contributed by atoms with Crippen LogP contribution in [0.1, 0.15) is 36.2 Å². The van der Waals surface area contributed by atoms with Crippen molar-refractivity contribution in [3.05, 3.63) is 65.2 Å². The lowest BCUT2D eigenvalue weighted by Gasteiger charge is -2.23. The van der Waals surface area contributed by atoms with Crippen LogP contribution in [0.3, 0.4) is 0 Å². The molecule has 2 aromatic rings. The minimum Gasteiger partial charge on any atom is -0.491 e. The van der Waals surface area contributed by atoms with Crippen LogP contribution in [0, 0.1) is 11.6 Å². The summed E-state index contributed by atoms with van der Waals surface area (Å²) in [7, 11) is 0. The molecule has 1 heterocycles. The molecule has 0 saturated carbocycles. The van der Waals surface area contributed by atoms with Crippen LogP contribution >= 0.6 is 0 Å². The SMILES string of the molecule is CCC(=O)c1ccc(OCC(O)CN2C(=O)NC(C)(c3ccc(F)c(F)c3)C2=O)cc1. The Labute approximate surface area is 177 Å². The highest BCUT2D eigenvalue weighted by molar-refractivity contribution is 6.07. The molecule has 2 N–H and O–H groups in total. The average Bonchev–Trinajstić information content (AvgIpc) is 2.97. The summed E-state index contributed by atoms with van der Waals surface area (Å²) in [6.07, 6.45) is -0.812.